The van der Waals surface area contributed by atoms with Crippen LogP contribution < -0.4 is 9.80 Å². The van der Waals surface area contributed by atoms with Gasteiger partial charge in [-0.15, -0.1) is 6.58 Å². The van der Waals surface area contributed by atoms with Gasteiger partial charge in [-0.1, -0.05) is 97.1 Å². The van der Waals surface area contributed by atoms with Crippen molar-refractivity contribution in [3.05, 3.63) is 157 Å². The number of allylic oxidation sites excluding steroid dienone is 4. The van der Waals surface area contributed by atoms with Crippen molar-refractivity contribution in [3.63, 3.8) is 0 Å². The second-order valence-corrected chi connectivity index (χ2v) is 10.5. The molecule has 1 heterocycles. The molecule has 1 fully saturated rings. The van der Waals surface area contributed by atoms with Gasteiger partial charge in [0.15, 0.2) is 0 Å². The standard InChI is InChI=1S/C38H36N2/c1-4-34(30-22-24-32(25-23-30)39(3)31-16-10-7-11-17-31)38-35(5-2)36-18-12-13-19-37(36)40(38)33-26-20-29(21-27-33)28-14-8-6-9-15-28/h4-11,14-27,35,38H,2,12-13H2,1,3H3/b34-4-. The van der Waals surface area contributed by atoms with Crippen LogP contribution in [0, 0.1) is 5.92 Å². The third-order valence-corrected chi connectivity index (χ3v) is 8.27. The molecule has 2 unspecified atom stereocenters. The van der Waals surface area contributed by atoms with E-state index in [4.69, 9.17) is 0 Å². The lowest BCUT2D eigenvalue weighted by Crippen LogP contribution is -2.32. The molecule has 0 aromatic heterocycles. The van der Waals surface area contributed by atoms with Gasteiger partial charge in [0.05, 0.1) is 6.04 Å². The van der Waals surface area contributed by atoms with Gasteiger partial charge in [-0.25, -0.2) is 0 Å². The van der Waals surface area contributed by atoms with Crippen molar-refractivity contribution in [3.8, 4) is 11.1 Å². The van der Waals surface area contributed by atoms with Crippen molar-refractivity contribution >= 4 is 22.6 Å². The van der Waals surface area contributed by atoms with Gasteiger partial charge in [0.2, 0.25) is 0 Å². The Bertz CT molecular complexity index is 1560. The molecule has 1 aliphatic carbocycles. The van der Waals surface area contributed by atoms with Crippen molar-refractivity contribution in [2.75, 3.05) is 16.8 Å². The van der Waals surface area contributed by atoms with Crippen LogP contribution in [0.15, 0.2) is 151 Å². The Kier molecular flexibility index (Phi) is 7.25. The first-order valence-corrected chi connectivity index (χ1v) is 14.2. The summed E-state index contributed by atoms with van der Waals surface area (Å²) >= 11 is 0. The van der Waals surface area contributed by atoms with E-state index in [2.05, 4.69) is 164 Å². The summed E-state index contributed by atoms with van der Waals surface area (Å²) in [5.74, 6) is 0.221. The normalized spacial score (nSPS) is 18.6. The minimum absolute atomic E-state index is 0.137. The van der Waals surface area contributed by atoms with E-state index in [0.29, 0.717) is 0 Å². The third-order valence-electron chi connectivity index (χ3n) is 8.27. The molecule has 4 aromatic carbocycles. The van der Waals surface area contributed by atoms with Gasteiger partial charge in [0.1, 0.15) is 0 Å². The predicted molar refractivity (Wildman–Crippen MR) is 172 cm³/mol. The van der Waals surface area contributed by atoms with Gasteiger partial charge < -0.3 is 9.80 Å². The van der Waals surface area contributed by atoms with Crippen LogP contribution in [0.4, 0.5) is 17.1 Å². The first-order chi connectivity index (χ1) is 19.7. The Morgan fingerprint density at radius 1 is 0.750 bits per heavy atom. The molecule has 2 atom stereocenters. The molecule has 2 heteroatoms. The van der Waals surface area contributed by atoms with E-state index in [1.807, 2.05) is 0 Å². The fourth-order valence-corrected chi connectivity index (χ4v) is 6.23. The van der Waals surface area contributed by atoms with Gasteiger partial charge in [-0.05, 0) is 84.0 Å². The van der Waals surface area contributed by atoms with Gasteiger partial charge in [0, 0.05) is 35.7 Å². The fourth-order valence-electron chi connectivity index (χ4n) is 6.23. The van der Waals surface area contributed by atoms with Gasteiger partial charge in [-0.3, -0.25) is 0 Å². The van der Waals surface area contributed by atoms with Crippen molar-refractivity contribution < 1.29 is 0 Å². The SMILES string of the molecule is C=CC1C2=CCCC=C2N(c2ccc(-c3ccccc3)cc2)C1/C(=C\C)c1ccc(N(C)c2ccccc2)cc1. The number of anilines is 3. The van der Waals surface area contributed by atoms with E-state index in [1.165, 1.54) is 50.6 Å². The molecule has 0 spiro atoms. The molecule has 0 amide bonds. The molecule has 0 saturated carbocycles. The van der Waals surface area contributed by atoms with Crippen molar-refractivity contribution in [2.45, 2.75) is 25.8 Å². The van der Waals surface area contributed by atoms with Gasteiger partial charge in [0.25, 0.3) is 0 Å². The smallest absolute Gasteiger partial charge is 0.0697 e. The van der Waals surface area contributed by atoms with Crippen LogP contribution in [0.3, 0.4) is 0 Å². The van der Waals surface area contributed by atoms with Crippen LogP contribution in [-0.2, 0) is 0 Å². The number of nitrogens with zero attached hydrogens (tertiary/aromatic N) is 2. The average molecular weight is 521 g/mol. The maximum atomic E-state index is 4.32. The summed E-state index contributed by atoms with van der Waals surface area (Å²) in [5.41, 5.74) is 11.3. The third kappa shape index (κ3) is 4.71. The first-order valence-electron chi connectivity index (χ1n) is 14.2. The fraction of sp³-hybridized carbons (Fsp3) is 0.158. The van der Waals surface area contributed by atoms with Crippen molar-refractivity contribution in [1.29, 1.82) is 0 Å². The predicted octanol–water partition coefficient (Wildman–Crippen LogP) is 9.82. The molecular weight excluding hydrogens is 484 g/mol. The molecule has 198 valence electrons. The zero-order chi connectivity index (χ0) is 27.5. The number of hydrogen-bond donors (Lipinski definition) is 0. The van der Waals surface area contributed by atoms with Crippen molar-refractivity contribution in [2.24, 2.45) is 5.92 Å². The number of hydrogen-bond acceptors (Lipinski definition) is 2. The number of para-hydroxylation sites is 1. The lowest BCUT2D eigenvalue weighted by atomic mass is 9.85. The first kappa shape index (κ1) is 25.7. The quantitative estimate of drug-likeness (QED) is 0.224. The number of benzene rings is 4. The highest BCUT2D eigenvalue weighted by Gasteiger charge is 2.42. The molecule has 4 aromatic rings. The topological polar surface area (TPSA) is 6.48 Å². The molecule has 0 bridgehead atoms. The molecule has 40 heavy (non-hydrogen) atoms. The molecular formula is C38H36N2. The van der Waals surface area contributed by atoms with Gasteiger partial charge >= 0.3 is 0 Å². The number of fused-ring (bicyclic) bond motifs is 1. The van der Waals surface area contributed by atoms with Crippen molar-refractivity contribution in [1.82, 2.24) is 0 Å². The van der Waals surface area contributed by atoms with E-state index < -0.39 is 0 Å². The van der Waals surface area contributed by atoms with E-state index in [1.54, 1.807) is 0 Å². The maximum absolute atomic E-state index is 4.32. The Hall–Kier alpha value is -4.56. The zero-order valence-electron chi connectivity index (χ0n) is 23.4. The highest BCUT2D eigenvalue weighted by Crippen LogP contribution is 2.48. The number of rotatable bonds is 7. The summed E-state index contributed by atoms with van der Waals surface area (Å²) < 4.78 is 0. The lowest BCUT2D eigenvalue weighted by molar-refractivity contribution is 0.724. The minimum atomic E-state index is 0.137. The van der Waals surface area contributed by atoms with Crippen LogP contribution in [0.25, 0.3) is 16.7 Å². The highest BCUT2D eigenvalue weighted by atomic mass is 15.2. The van der Waals surface area contributed by atoms with E-state index in [0.717, 1.165) is 12.8 Å². The summed E-state index contributed by atoms with van der Waals surface area (Å²) in [4.78, 5) is 4.78. The zero-order valence-corrected chi connectivity index (χ0v) is 23.4. The summed E-state index contributed by atoms with van der Waals surface area (Å²) in [5, 5.41) is 0. The second-order valence-electron chi connectivity index (χ2n) is 10.5. The molecule has 1 saturated heterocycles. The Morgan fingerprint density at radius 2 is 1.35 bits per heavy atom. The lowest BCUT2D eigenvalue weighted by Gasteiger charge is -2.32. The Labute approximate surface area is 238 Å². The van der Waals surface area contributed by atoms with Crippen LogP contribution >= 0.6 is 0 Å². The monoisotopic (exact) mass is 520 g/mol. The van der Waals surface area contributed by atoms with E-state index in [9.17, 15) is 0 Å². The largest absolute Gasteiger partial charge is 0.345 e. The molecule has 0 N–H and O–H groups in total. The van der Waals surface area contributed by atoms with Crippen LogP contribution in [-0.4, -0.2) is 13.1 Å². The van der Waals surface area contributed by atoms with Crippen LogP contribution in [0.1, 0.15) is 25.3 Å². The second kappa shape index (κ2) is 11.3. The van der Waals surface area contributed by atoms with E-state index >= 15 is 0 Å². The minimum Gasteiger partial charge on any atom is -0.345 e. The summed E-state index contributed by atoms with van der Waals surface area (Å²) in [7, 11) is 2.12. The Morgan fingerprint density at radius 3 is 2.00 bits per heavy atom. The molecule has 2 nitrogen and oxygen atoms in total. The van der Waals surface area contributed by atoms with Crippen LogP contribution in [0.5, 0.6) is 0 Å². The Balaban J connectivity index is 1.38. The summed E-state index contributed by atoms with van der Waals surface area (Å²) in [6.07, 6.45) is 11.4. The van der Waals surface area contributed by atoms with Crippen LogP contribution in [0.2, 0.25) is 0 Å². The molecule has 1 aliphatic heterocycles. The molecule has 0 radical (unpaired) electrons. The molecule has 6 rings (SSSR count). The van der Waals surface area contributed by atoms with Gasteiger partial charge in [-0.2, -0.15) is 0 Å². The summed E-state index contributed by atoms with van der Waals surface area (Å²) in [6, 6.07) is 39.3. The van der Waals surface area contributed by atoms with E-state index in [-0.39, 0.29) is 12.0 Å². The molecule has 2 aliphatic rings. The summed E-state index contributed by atoms with van der Waals surface area (Å²) in [6.45, 7) is 6.49. The maximum Gasteiger partial charge on any atom is 0.0697 e. The average Bonchev–Trinajstić information content (AvgIpc) is 3.36. The highest BCUT2D eigenvalue weighted by molar-refractivity contribution is 5.82.